The minimum absolute atomic E-state index is 0.498. The second kappa shape index (κ2) is 4.11. The molecule has 0 amide bonds. The lowest BCUT2D eigenvalue weighted by atomic mass is 10.1. The first kappa shape index (κ1) is 9.69. The maximum Gasteiger partial charge on any atom is 0.130 e. The van der Waals surface area contributed by atoms with E-state index in [4.69, 9.17) is 11.6 Å². The number of hydrogen-bond acceptors (Lipinski definition) is 1. The van der Waals surface area contributed by atoms with E-state index in [2.05, 4.69) is 20.9 Å². The average molecular weight is 269 g/mol. The van der Waals surface area contributed by atoms with Crippen molar-refractivity contribution in [2.24, 2.45) is 0 Å². The van der Waals surface area contributed by atoms with Gasteiger partial charge in [-0.1, -0.05) is 57.9 Å². The normalized spacial score (nSPS) is 10.1. The van der Waals surface area contributed by atoms with Gasteiger partial charge in [0.05, 0.1) is 5.69 Å². The summed E-state index contributed by atoms with van der Waals surface area (Å²) in [4.78, 5) is 4.24. The van der Waals surface area contributed by atoms with E-state index < -0.39 is 0 Å². The quantitative estimate of drug-likeness (QED) is 0.708. The molecule has 2 aromatic rings. The van der Waals surface area contributed by atoms with Gasteiger partial charge in [-0.25, -0.2) is 4.98 Å². The highest BCUT2D eigenvalue weighted by molar-refractivity contribution is 9.10. The van der Waals surface area contributed by atoms with Gasteiger partial charge in [0.2, 0.25) is 0 Å². The van der Waals surface area contributed by atoms with Gasteiger partial charge >= 0.3 is 0 Å². The molecule has 0 saturated heterocycles. The SMILES string of the molecule is Clc1cc(Br)cc(-c2ccccc2)n1. The average Bonchev–Trinajstić information content (AvgIpc) is 2.18. The molecule has 2 rings (SSSR count). The molecule has 0 fully saturated rings. The van der Waals surface area contributed by atoms with Gasteiger partial charge < -0.3 is 0 Å². The predicted octanol–water partition coefficient (Wildman–Crippen LogP) is 4.16. The van der Waals surface area contributed by atoms with Gasteiger partial charge in [-0.05, 0) is 12.1 Å². The molecule has 1 heterocycles. The Kier molecular flexibility index (Phi) is 2.85. The Morgan fingerprint density at radius 3 is 2.43 bits per heavy atom. The van der Waals surface area contributed by atoms with Gasteiger partial charge in [0.1, 0.15) is 5.15 Å². The van der Waals surface area contributed by atoms with Crippen molar-refractivity contribution in [1.82, 2.24) is 4.98 Å². The molecule has 0 spiro atoms. The number of hydrogen-bond donors (Lipinski definition) is 0. The summed E-state index contributed by atoms with van der Waals surface area (Å²) >= 11 is 9.24. The summed E-state index contributed by atoms with van der Waals surface area (Å²) in [5.74, 6) is 0. The van der Waals surface area contributed by atoms with Crippen LogP contribution in [0.15, 0.2) is 46.9 Å². The number of nitrogens with zero attached hydrogens (tertiary/aromatic N) is 1. The Labute approximate surface area is 95.9 Å². The summed E-state index contributed by atoms with van der Waals surface area (Å²) in [6.45, 7) is 0. The van der Waals surface area contributed by atoms with Crippen LogP contribution in [0.2, 0.25) is 5.15 Å². The molecule has 0 atom stereocenters. The molecule has 3 heteroatoms. The predicted molar refractivity (Wildman–Crippen MR) is 62.4 cm³/mol. The second-order valence-electron chi connectivity index (χ2n) is 2.86. The fourth-order valence-electron chi connectivity index (χ4n) is 1.22. The largest absolute Gasteiger partial charge is 0.236 e. The number of pyridine rings is 1. The molecule has 0 unspecified atom stereocenters. The smallest absolute Gasteiger partial charge is 0.130 e. The summed E-state index contributed by atoms with van der Waals surface area (Å²) in [5, 5.41) is 0.498. The van der Waals surface area contributed by atoms with Crippen molar-refractivity contribution in [2.45, 2.75) is 0 Å². The van der Waals surface area contributed by atoms with E-state index in [0.29, 0.717) is 5.15 Å². The second-order valence-corrected chi connectivity index (χ2v) is 4.16. The third kappa shape index (κ3) is 2.14. The molecule has 0 radical (unpaired) electrons. The fourth-order valence-corrected chi connectivity index (χ4v) is 2.00. The third-order valence-electron chi connectivity index (χ3n) is 1.83. The van der Waals surface area contributed by atoms with Crippen LogP contribution in [0.1, 0.15) is 0 Å². The fraction of sp³-hybridized carbons (Fsp3) is 0. The van der Waals surface area contributed by atoms with Gasteiger partial charge in [0.25, 0.3) is 0 Å². The monoisotopic (exact) mass is 267 g/mol. The Hall–Kier alpha value is -0.860. The lowest BCUT2D eigenvalue weighted by Gasteiger charge is -2.01. The Morgan fingerprint density at radius 2 is 1.79 bits per heavy atom. The summed E-state index contributed by atoms with van der Waals surface area (Å²) in [5.41, 5.74) is 1.95. The van der Waals surface area contributed by atoms with Gasteiger partial charge in [-0.15, -0.1) is 0 Å². The first-order valence-electron chi connectivity index (χ1n) is 4.14. The van der Waals surface area contributed by atoms with E-state index >= 15 is 0 Å². The molecular formula is C11H7BrClN. The summed E-state index contributed by atoms with van der Waals surface area (Å²) < 4.78 is 0.941. The van der Waals surface area contributed by atoms with Crippen molar-refractivity contribution in [3.63, 3.8) is 0 Å². The molecule has 0 aliphatic rings. The first-order valence-corrected chi connectivity index (χ1v) is 5.31. The molecule has 1 nitrogen and oxygen atoms in total. The molecule has 0 saturated carbocycles. The number of halogens is 2. The van der Waals surface area contributed by atoms with Crippen LogP contribution >= 0.6 is 27.5 Å². The van der Waals surface area contributed by atoms with E-state index in [-0.39, 0.29) is 0 Å². The van der Waals surface area contributed by atoms with E-state index in [1.54, 1.807) is 6.07 Å². The first-order chi connectivity index (χ1) is 6.75. The molecule has 1 aromatic heterocycles. The number of rotatable bonds is 1. The van der Waals surface area contributed by atoms with E-state index in [0.717, 1.165) is 15.7 Å². The van der Waals surface area contributed by atoms with E-state index in [9.17, 15) is 0 Å². The topological polar surface area (TPSA) is 12.9 Å². The van der Waals surface area contributed by atoms with Gasteiger partial charge in [-0.3, -0.25) is 0 Å². The summed E-state index contributed by atoms with van der Waals surface area (Å²) in [6.07, 6.45) is 0. The van der Waals surface area contributed by atoms with Crippen molar-refractivity contribution in [3.8, 4) is 11.3 Å². The maximum absolute atomic E-state index is 5.86. The molecule has 0 aliphatic carbocycles. The van der Waals surface area contributed by atoms with Crippen molar-refractivity contribution in [2.75, 3.05) is 0 Å². The van der Waals surface area contributed by atoms with E-state index in [1.165, 1.54) is 0 Å². The van der Waals surface area contributed by atoms with Crippen molar-refractivity contribution >= 4 is 27.5 Å². The molecule has 14 heavy (non-hydrogen) atoms. The highest BCUT2D eigenvalue weighted by Crippen LogP contribution is 2.23. The Morgan fingerprint density at radius 1 is 1.07 bits per heavy atom. The molecule has 1 aromatic carbocycles. The van der Waals surface area contributed by atoms with Crippen molar-refractivity contribution in [3.05, 3.63) is 52.1 Å². The minimum Gasteiger partial charge on any atom is -0.236 e. The van der Waals surface area contributed by atoms with Crippen LogP contribution < -0.4 is 0 Å². The van der Waals surface area contributed by atoms with Crippen LogP contribution in [0.5, 0.6) is 0 Å². The standard InChI is InChI=1S/C11H7BrClN/c12-9-6-10(14-11(13)7-9)8-4-2-1-3-5-8/h1-7H. The Bertz CT molecular complexity index is 422. The molecular weight excluding hydrogens is 261 g/mol. The molecule has 0 aliphatic heterocycles. The number of aromatic nitrogens is 1. The Balaban J connectivity index is 2.52. The maximum atomic E-state index is 5.86. The highest BCUT2D eigenvalue weighted by atomic mass is 79.9. The van der Waals surface area contributed by atoms with E-state index in [1.807, 2.05) is 36.4 Å². The zero-order valence-corrected chi connectivity index (χ0v) is 9.59. The van der Waals surface area contributed by atoms with Crippen LogP contribution in [0, 0.1) is 0 Å². The van der Waals surface area contributed by atoms with Crippen molar-refractivity contribution < 1.29 is 0 Å². The highest BCUT2D eigenvalue weighted by Gasteiger charge is 2.01. The minimum atomic E-state index is 0.498. The zero-order valence-electron chi connectivity index (χ0n) is 7.24. The lowest BCUT2D eigenvalue weighted by Crippen LogP contribution is -1.83. The van der Waals surface area contributed by atoms with Crippen molar-refractivity contribution in [1.29, 1.82) is 0 Å². The third-order valence-corrected chi connectivity index (χ3v) is 2.48. The summed E-state index contributed by atoms with van der Waals surface area (Å²) in [6, 6.07) is 13.7. The van der Waals surface area contributed by atoms with Gasteiger partial charge in [0.15, 0.2) is 0 Å². The van der Waals surface area contributed by atoms with Crippen LogP contribution in [0.4, 0.5) is 0 Å². The van der Waals surface area contributed by atoms with Gasteiger partial charge in [-0.2, -0.15) is 0 Å². The molecule has 0 bridgehead atoms. The summed E-state index contributed by atoms with van der Waals surface area (Å²) in [7, 11) is 0. The van der Waals surface area contributed by atoms with Crippen LogP contribution in [-0.4, -0.2) is 4.98 Å². The molecule has 0 N–H and O–H groups in total. The van der Waals surface area contributed by atoms with Crippen LogP contribution in [0.25, 0.3) is 11.3 Å². The van der Waals surface area contributed by atoms with Gasteiger partial charge in [0, 0.05) is 10.0 Å². The van der Waals surface area contributed by atoms with Crippen LogP contribution in [-0.2, 0) is 0 Å². The zero-order chi connectivity index (χ0) is 9.97. The molecule has 70 valence electrons. The number of benzene rings is 1. The lowest BCUT2D eigenvalue weighted by molar-refractivity contribution is 1.31. The van der Waals surface area contributed by atoms with Crippen LogP contribution in [0.3, 0.4) is 0 Å².